The number of aryl methyl sites for hydroxylation is 1. The van der Waals surface area contributed by atoms with Crippen LogP contribution in [0.2, 0.25) is 0 Å². The maximum absolute atomic E-state index is 12.8. The van der Waals surface area contributed by atoms with Gasteiger partial charge in [0.05, 0.1) is 0 Å². The Morgan fingerprint density at radius 1 is 1.10 bits per heavy atom. The standard InChI is InChI=1S/C16H17FN2S/c1-12-4-2-3-5-15(12)19-16(20)18-11-10-13-6-8-14(17)9-7-13/h2-9H,10-11H2,1H3,(H2,18,19,20). The molecule has 2 nitrogen and oxygen atoms in total. The molecule has 0 spiro atoms. The third-order valence-corrected chi connectivity index (χ3v) is 3.25. The number of halogens is 1. The number of anilines is 1. The minimum Gasteiger partial charge on any atom is -0.362 e. The van der Waals surface area contributed by atoms with Crippen LogP contribution in [0.4, 0.5) is 10.1 Å². The summed E-state index contributed by atoms with van der Waals surface area (Å²) in [7, 11) is 0. The number of hydrogen-bond acceptors (Lipinski definition) is 1. The van der Waals surface area contributed by atoms with E-state index in [0.29, 0.717) is 11.7 Å². The fourth-order valence-corrected chi connectivity index (χ4v) is 2.06. The quantitative estimate of drug-likeness (QED) is 0.840. The highest BCUT2D eigenvalue weighted by molar-refractivity contribution is 7.80. The average molecular weight is 288 g/mol. The highest BCUT2D eigenvalue weighted by atomic mass is 32.1. The summed E-state index contributed by atoms with van der Waals surface area (Å²) in [6, 6.07) is 14.5. The van der Waals surface area contributed by atoms with Crippen LogP contribution in [0.3, 0.4) is 0 Å². The molecule has 0 saturated heterocycles. The van der Waals surface area contributed by atoms with Crippen molar-refractivity contribution in [2.45, 2.75) is 13.3 Å². The van der Waals surface area contributed by atoms with Gasteiger partial charge in [0.25, 0.3) is 0 Å². The molecule has 0 aromatic heterocycles. The van der Waals surface area contributed by atoms with Gasteiger partial charge in [0.15, 0.2) is 5.11 Å². The Kier molecular flexibility index (Phi) is 5.07. The van der Waals surface area contributed by atoms with Gasteiger partial charge in [-0.05, 0) is 54.9 Å². The van der Waals surface area contributed by atoms with Crippen LogP contribution >= 0.6 is 12.2 Å². The maximum Gasteiger partial charge on any atom is 0.170 e. The normalized spacial score (nSPS) is 10.1. The van der Waals surface area contributed by atoms with Crippen molar-refractivity contribution in [2.75, 3.05) is 11.9 Å². The lowest BCUT2D eigenvalue weighted by atomic mass is 10.1. The van der Waals surface area contributed by atoms with Crippen molar-refractivity contribution in [2.24, 2.45) is 0 Å². The summed E-state index contributed by atoms with van der Waals surface area (Å²) >= 11 is 5.25. The highest BCUT2D eigenvalue weighted by Crippen LogP contribution is 2.12. The number of thiocarbonyl (C=S) groups is 1. The van der Waals surface area contributed by atoms with Crippen LogP contribution in [-0.4, -0.2) is 11.7 Å². The number of hydrogen-bond donors (Lipinski definition) is 2. The zero-order chi connectivity index (χ0) is 14.4. The number of benzene rings is 2. The van der Waals surface area contributed by atoms with Crippen molar-refractivity contribution in [3.05, 3.63) is 65.5 Å². The first-order chi connectivity index (χ1) is 9.65. The third kappa shape index (κ3) is 4.31. The summed E-state index contributed by atoms with van der Waals surface area (Å²) in [5.41, 5.74) is 3.24. The fourth-order valence-electron chi connectivity index (χ4n) is 1.85. The molecule has 0 fully saturated rings. The van der Waals surface area contributed by atoms with Crippen LogP contribution in [0.1, 0.15) is 11.1 Å². The molecule has 0 bridgehead atoms. The lowest BCUT2D eigenvalue weighted by Gasteiger charge is -2.12. The van der Waals surface area contributed by atoms with Crippen LogP contribution < -0.4 is 10.6 Å². The van der Waals surface area contributed by atoms with Gasteiger partial charge in [-0.1, -0.05) is 30.3 Å². The molecule has 0 unspecified atom stereocenters. The Hall–Kier alpha value is -1.94. The molecule has 0 saturated carbocycles. The van der Waals surface area contributed by atoms with E-state index in [9.17, 15) is 4.39 Å². The second-order valence-electron chi connectivity index (χ2n) is 4.57. The maximum atomic E-state index is 12.8. The predicted octanol–water partition coefficient (Wildman–Crippen LogP) is 3.66. The second kappa shape index (κ2) is 7.01. The van der Waals surface area contributed by atoms with E-state index in [1.165, 1.54) is 12.1 Å². The molecule has 20 heavy (non-hydrogen) atoms. The Bertz CT molecular complexity index is 581. The largest absolute Gasteiger partial charge is 0.362 e. The third-order valence-electron chi connectivity index (χ3n) is 3.01. The van der Waals surface area contributed by atoms with E-state index in [-0.39, 0.29) is 5.82 Å². The first-order valence-corrected chi connectivity index (χ1v) is 6.91. The van der Waals surface area contributed by atoms with E-state index < -0.39 is 0 Å². The molecule has 2 aromatic carbocycles. The summed E-state index contributed by atoms with van der Waals surface area (Å²) in [5, 5.41) is 6.91. The van der Waals surface area contributed by atoms with Crippen molar-refractivity contribution in [3.8, 4) is 0 Å². The summed E-state index contributed by atoms with van der Waals surface area (Å²) < 4.78 is 12.8. The first kappa shape index (κ1) is 14.5. The SMILES string of the molecule is Cc1ccccc1NC(=S)NCCc1ccc(F)cc1. The van der Waals surface area contributed by atoms with Crippen molar-refractivity contribution < 1.29 is 4.39 Å². The van der Waals surface area contributed by atoms with Gasteiger partial charge in [-0.15, -0.1) is 0 Å². The molecule has 0 heterocycles. The lowest BCUT2D eigenvalue weighted by Crippen LogP contribution is -2.30. The lowest BCUT2D eigenvalue weighted by molar-refractivity contribution is 0.627. The Balaban J connectivity index is 1.78. The topological polar surface area (TPSA) is 24.1 Å². The summed E-state index contributed by atoms with van der Waals surface area (Å²) in [5.74, 6) is -0.210. The molecule has 0 aliphatic carbocycles. The molecule has 4 heteroatoms. The van der Waals surface area contributed by atoms with Crippen molar-refractivity contribution in [3.63, 3.8) is 0 Å². The van der Waals surface area contributed by atoms with Gasteiger partial charge in [-0.25, -0.2) is 4.39 Å². The Morgan fingerprint density at radius 3 is 2.50 bits per heavy atom. The summed E-state index contributed by atoms with van der Waals surface area (Å²) in [6.07, 6.45) is 0.801. The Morgan fingerprint density at radius 2 is 1.80 bits per heavy atom. The van der Waals surface area contributed by atoms with Crippen molar-refractivity contribution in [1.82, 2.24) is 5.32 Å². The van der Waals surface area contributed by atoms with Crippen LogP contribution in [-0.2, 0) is 6.42 Å². The van der Waals surface area contributed by atoms with Crippen molar-refractivity contribution >= 4 is 23.0 Å². The molecule has 0 atom stereocenters. The molecular formula is C16H17FN2S. The monoisotopic (exact) mass is 288 g/mol. The molecule has 2 aromatic rings. The van der Waals surface area contributed by atoms with Gasteiger partial charge < -0.3 is 10.6 Å². The zero-order valence-electron chi connectivity index (χ0n) is 11.3. The van der Waals surface area contributed by atoms with E-state index in [1.807, 2.05) is 31.2 Å². The smallest absolute Gasteiger partial charge is 0.170 e. The van der Waals surface area contributed by atoms with Gasteiger partial charge >= 0.3 is 0 Å². The van der Waals surface area contributed by atoms with E-state index in [4.69, 9.17) is 12.2 Å². The van der Waals surface area contributed by atoms with Gasteiger partial charge in [-0.2, -0.15) is 0 Å². The van der Waals surface area contributed by atoms with Crippen LogP contribution in [0.25, 0.3) is 0 Å². The molecule has 0 amide bonds. The van der Waals surface area contributed by atoms with Gasteiger partial charge in [0.1, 0.15) is 5.82 Å². The first-order valence-electron chi connectivity index (χ1n) is 6.50. The minimum atomic E-state index is -0.210. The molecule has 2 N–H and O–H groups in total. The number of para-hydroxylation sites is 1. The molecule has 2 rings (SSSR count). The molecule has 104 valence electrons. The average Bonchev–Trinajstić information content (AvgIpc) is 2.44. The molecule has 0 aliphatic rings. The number of rotatable bonds is 4. The van der Waals surface area contributed by atoms with E-state index >= 15 is 0 Å². The molecule has 0 aliphatic heterocycles. The van der Waals surface area contributed by atoms with Gasteiger partial charge in [0.2, 0.25) is 0 Å². The van der Waals surface area contributed by atoms with E-state index in [2.05, 4.69) is 10.6 Å². The van der Waals surface area contributed by atoms with Gasteiger partial charge in [-0.3, -0.25) is 0 Å². The van der Waals surface area contributed by atoms with E-state index in [1.54, 1.807) is 12.1 Å². The molecule has 0 radical (unpaired) electrons. The molecular weight excluding hydrogens is 271 g/mol. The van der Waals surface area contributed by atoms with Crippen LogP contribution in [0, 0.1) is 12.7 Å². The fraction of sp³-hybridized carbons (Fsp3) is 0.188. The summed E-state index contributed by atoms with van der Waals surface area (Å²) in [6.45, 7) is 2.74. The number of nitrogens with one attached hydrogen (secondary N) is 2. The van der Waals surface area contributed by atoms with Crippen LogP contribution in [0.5, 0.6) is 0 Å². The Labute approximate surface area is 124 Å². The van der Waals surface area contributed by atoms with Crippen LogP contribution in [0.15, 0.2) is 48.5 Å². The minimum absolute atomic E-state index is 0.210. The predicted molar refractivity (Wildman–Crippen MR) is 85.5 cm³/mol. The van der Waals surface area contributed by atoms with Gasteiger partial charge in [0, 0.05) is 12.2 Å². The second-order valence-corrected chi connectivity index (χ2v) is 4.98. The summed E-state index contributed by atoms with van der Waals surface area (Å²) in [4.78, 5) is 0. The van der Waals surface area contributed by atoms with Crippen molar-refractivity contribution in [1.29, 1.82) is 0 Å². The zero-order valence-corrected chi connectivity index (χ0v) is 12.1. The highest BCUT2D eigenvalue weighted by Gasteiger charge is 2.00. The van der Waals surface area contributed by atoms with E-state index in [0.717, 1.165) is 23.2 Å².